The Morgan fingerprint density at radius 2 is 2.00 bits per heavy atom. The molecule has 0 radical (unpaired) electrons. The lowest BCUT2D eigenvalue weighted by Crippen LogP contribution is -2.26. The third kappa shape index (κ3) is 4.56. The number of rotatable bonds is 7. The number of aromatic nitrogens is 2. The van der Waals surface area contributed by atoms with E-state index in [-0.39, 0.29) is 22.9 Å². The Labute approximate surface area is 135 Å². The average Bonchev–Trinajstić information content (AvgIpc) is 2.90. The molecule has 0 unspecified atom stereocenters. The molecule has 0 saturated carbocycles. The minimum Gasteiger partial charge on any atom is -0.346 e. The molecule has 124 valence electrons. The van der Waals surface area contributed by atoms with Crippen LogP contribution in [0.15, 0.2) is 36.5 Å². The van der Waals surface area contributed by atoms with Crippen LogP contribution < -0.4 is 10.0 Å². The summed E-state index contributed by atoms with van der Waals surface area (Å²) in [5.41, 5.74) is 1.42. The second kappa shape index (κ2) is 7.28. The molecule has 7 nitrogen and oxygen atoms in total. The smallest absolute Gasteiger partial charge is 0.253 e. The van der Waals surface area contributed by atoms with Gasteiger partial charge in [0, 0.05) is 13.2 Å². The Balaban J connectivity index is 2.13. The van der Waals surface area contributed by atoms with Crippen LogP contribution in [0.2, 0.25) is 0 Å². The topological polar surface area (TPSA) is 93.1 Å². The highest BCUT2D eigenvalue weighted by molar-refractivity contribution is 7.92. The quantitative estimate of drug-likeness (QED) is 0.801. The molecule has 2 N–H and O–H groups in total. The highest BCUT2D eigenvalue weighted by Crippen LogP contribution is 2.17. The molecule has 0 aliphatic heterocycles. The van der Waals surface area contributed by atoms with E-state index in [1.807, 2.05) is 0 Å². The maximum atomic E-state index is 12.3. The molecule has 2 rings (SSSR count). The fraction of sp³-hybridized carbons (Fsp3) is 0.333. The maximum absolute atomic E-state index is 12.3. The van der Waals surface area contributed by atoms with Crippen molar-refractivity contribution in [1.82, 2.24) is 15.1 Å². The van der Waals surface area contributed by atoms with E-state index in [0.29, 0.717) is 13.0 Å². The van der Waals surface area contributed by atoms with Crippen molar-refractivity contribution in [2.24, 2.45) is 7.05 Å². The maximum Gasteiger partial charge on any atom is 0.253 e. The first kappa shape index (κ1) is 17.0. The molecule has 0 saturated heterocycles. The lowest BCUT2D eigenvalue weighted by Gasteiger charge is -2.12. The van der Waals surface area contributed by atoms with Crippen molar-refractivity contribution in [3.05, 3.63) is 47.8 Å². The van der Waals surface area contributed by atoms with Crippen molar-refractivity contribution >= 4 is 21.6 Å². The van der Waals surface area contributed by atoms with Crippen LogP contribution in [-0.4, -0.2) is 29.9 Å². The Morgan fingerprint density at radius 3 is 2.65 bits per heavy atom. The number of para-hydroxylation sites is 1. The molecule has 1 aromatic heterocycles. The molecule has 0 atom stereocenters. The number of carbonyl (C=O) groups excluding carboxylic acids is 1. The molecule has 0 bridgehead atoms. The largest absolute Gasteiger partial charge is 0.346 e. The van der Waals surface area contributed by atoms with Gasteiger partial charge >= 0.3 is 0 Å². The summed E-state index contributed by atoms with van der Waals surface area (Å²) >= 11 is 0. The number of anilines is 1. The van der Waals surface area contributed by atoms with Gasteiger partial charge in [0.15, 0.2) is 0 Å². The van der Waals surface area contributed by atoms with Crippen molar-refractivity contribution in [2.75, 3.05) is 10.5 Å². The number of sulfonamides is 1. The number of nitrogens with one attached hydrogen (secondary N) is 2. The molecule has 1 aromatic carbocycles. The Hall–Kier alpha value is -2.35. The fourth-order valence-corrected chi connectivity index (χ4v) is 3.25. The monoisotopic (exact) mass is 336 g/mol. The summed E-state index contributed by atoms with van der Waals surface area (Å²) in [5, 5.41) is 6.79. The minimum atomic E-state index is -3.45. The zero-order valence-electron chi connectivity index (χ0n) is 13.1. The molecule has 1 amide bonds. The molecule has 1 heterocycles. The molecule has 0 aliphatic rings. The van der Waals surface area contributed by atoms with E-state index in [9.17, 15) is 13.2 Å². The van der Waals surface area contributed by atoms with Crippen LogP contribution >= 0.6 is 0 Å². The SMILES string of the molecule is CCCS(=O)(=O)Nc1ccccc1C(=O)NCc1ccnn1C. The van der Waals surface area contributed by atoms with Crippen LogP contribution in [0.1, 0.15) is 29.4 Å². The minimum absolute atomic E-state index is 0.0119. The highest BCUT2D eigenvalue weighted by Gasteiger charge is 2.16. The summed E-state index contributed by atoms with van der Waals surface area (Å²) < 4.78 is 27.9. The van der Waals surface area contributed by atoms with Crippen LogP contribution in [0.25, 0.3) is 0 Å². The molecule has 0 aliphatic carbocycles. The van der Waals surface area contributed by atoms with Gasteiger partial charge in [0.05, 0.1) is 29.2 Å². The first-order valence-corrected chi connectivity index (χ1v) is 8.93. The number of nitrogens with zero attached hydrogens (tertiary/aromatic N) is 2. The summed E-state index contributed by atoms with van der Waals surface area (Å²) in [6.45, 7) is 2.09. The number of amides is 1. The van der Waals surface area contributed by atoms with Gasteiger partial charge in [0.1, 0.15) is 0 Å². The van der Waals surface area contributed by atoms with E-state index >= 15 is 0 Å². The molecule has 0 fully saturated rings. The Bertz CT molecular complexity index is 784. The molecule has 0 spiro atoms. The van der Waals surface area contributed by atoms with E-state index in [1.54, 1.807) is 55.2 Å². The second-order valence-corrected chi connectivity index (χ2v) is 6.94. The van der Waals surface area contributed by atoms with E-state index in [1.165, 1.54) is 0 Å². The van der Waals surface area contributed by atoms with Gasteiger partial charge in [0.25, 0.3) is 5.91 Å². The van der Waals surface area contributed by atoms with Crippen LogP contribution in [0.4, 0.5) is 5.69 Å². The van der Waals surface area contributed by atoms with E-state index in [0.717, 1.165) is 5.69 Å². The zero-order chi connectivity index (χ0) is 16.9. The third-order valence-corrected chi connectivity index (χ3v) is 4.74. The van der Waals surface area contributed by atoms with Gasteiger partial charge in [-0.15, -0.1) is 0 Å². The normalized spacial score (nSPS) is 11.2. The van der Waals surface area contributed by atoms with Crippen molar-refractivity contribution in [3.8, 4) is 0 Å². The fourth-order valence-electron chi connectivity index (χ4n) is 2.10. The number of carbonyl (C=O) groups is 1. The van der Waals surface area contributed by atoms with E-state index < -0.39 is 10.0 Å². The summed E-state index contributed by atoms with van der Waals surface area (Å²) in [6, 6.07) is 8.34. The Kier molecular flexibility index (Phi) is 5.38. The number of aryl methyl sites for hydroxylation is 1. The summed E-state index contributed by atoms with van der Waals surface area (Å²) in [5.74, 6) is -0.334. The lowest BCUT2D eigenvalue weighted by molar-refractivity contribution is 0.0951. The van der Waals surface area contributed by atoms with Gasteiger partial charge in [0.2, 0.25) is 10.0 Å². The zero-order valence-corrected chi connectivity index (χ0v) is 13.9. The summed E-state index contributed by atoms with van der Waals surface area (Å²) in [6.07, 6.45) is 2.15. The van der Waals surface area contributed by atoms with Gasteiger partial charge in [-0.1, -0.05) is 19.1 Å². The highest BCUT2D eigenvalue weighted by atomic mass is 32.2. The van der Waals surface area contributed by atoms with Crippen LogP contribution in [0.3, 0.4) is 0 Å². The first-order chi connectivity index (χ1) is 10.9. The molecular formula is C15H20N4O3S. The predicted molar refractivity (Wildman–Crippen MR) is 88.5 cm³/mol. The van der Waals surface area contributed by atoms with Crippen molar-refractivity contribution in [1.29, 1.82) is 0 Å². The second-order valence-electron chi connectivity index (χ2n) is 5.10. The van der Waals surface area contributed by atoms with Crippen LogP contribution in [-0.2, 0) is 23.6 Å². The molecule has 2 aromatic rings. The van der Waals surface area contributed by atoms with E-state index in [2.05, 4.69) is 15.1 Å². The van der Waals surface area contributed by atoms with Crippen LogP contribution in [0, 0.1) is 0 Å². The first-order valence-electron chi connectivity index (χ1n) is 7.27. The molecule has 8 heteroatoms. The van der Waals surface area contributed by atoms with Gasteiger partial charge in [-0.25, -0.2) is 8.42 Å². The summed E-state index contributed by atoms with van der Waals surface area (Å²) in [7, 11) is -1.66. The Morgan fingerprint density at radius 1 is 1.26 bits per heavy atom. The molecular weight excluding hydrogens is 316 g/mol. The predicted octanol–water partition coefficient (Wildman–Crippen LogP) is 1.50. The summed E-state index contributed by atoms with van der Waals surface area (Å²) in [4.78, 5) is 12.3. The number of hydrogen-bond acceptors (Lipinski definition) is 4. The number of hydrogen-bond donors (Lipinski definition) is 2. The van der Waals surface area contributed by atoms with Gasteiger partial charge in [-0.3, -0.25) is 14.2 Å². The number of benzene rings is 1. The van der Waals surface area contributed by atoms with Crippen molar-refractivity contribution in [3.63, 3.8) is 0 Å². The molecule has 23 heavy (non-hydrogen) atoms. The average molecular weight is 336 g/mol. The van der Waals surface area contributed by atoms with E-state index in [4.69, 9.17) is 0 Å². The van der Waals surface area contributed by atoms with Crippen LogP contribution in [0.5, 0.6) is 0 Å². The van der Waals surface area contributed by atoms with Gasteiger partial charge < -0.3 is 5.32 Å². The standard InChI is InChI=1S/C15H20N4O3S/c1-3-10-23(21,22)18-14-7-5-4-6-13(14)15(20)16-11-12-8-9-17-19(12)2/h4-9,18H,3,10-11H2,1-2H3,(H,16,20). The lowest BCUT2D eigenvalue weighted by atomic mass is 10.1. The van der Waals surface area contributed by atoms with Gasteiger partial charge in [-0.2, -0.15) is 5.10 Å². The van der Waals surface area contributed by atoms with Gasteiger partial charge in [-0.05, 0) is 24.6 Å². The van der Waals surface area contributed by atoms with Crippen molar-refractivity contribution < 1.29 is 13.2 Å². The van der Waals surface area contributed by atoms with Crippen molar-refractivity contribution in [2.45, 2.75) is 19.9 Å². The third-order valence-electron chi connectivity index (χ3n) is 3.26.